The quantitative estimate of drug-likeness (QED) is 0.377. The number of hydrogen-bond acceptors (Lipinski definition) is 5. The molecular weight excluding hydrogens is 426 g/mol. The highest BCUT2D eigenvalue weighted by Crippen LogP contribution is 2.46. The fourth-order valence-corrected chi connectivity index (χ4v) is 4.77. The molecule has 1 aliphatic rings. The number of amides is 1. The Labute approximate surface area is 203 Å². The Balaban J connectivity index is 1.95. The molecule has 0 saturated carbocycles. The van der Waals surface area contributed by atoms with Crippen molar-refractivity contribution in [2.75, 3.05) is 30.5 Å². The Morgan fingerprint density at radius 1 is 1.26 bits per heavy atom. The van der Waals surface area contributed by atoms with Crippen LogP contribution in [0.15, 0.2) is 42.0 Å². The summed E-state index contributed by atoms with van der Waals surface area (Å²) in [6.45, 7) is 12.4. The monoisotopic (exact) mass is 461 g/mol. The molecule has 6 nitrogen and oxygen atoms in total. The summed E-state index contributed by atoms with van der Waals surface area (Å²) in [7, 11) is 1.62. The van der Waals surface area contributed by atoms with Gasteiger partial charge in [-0.25, -0.2) is 0 Å². The second-order valence-corrected chi connectivity index (χ2v) is 9.30. The highest BCUT2D eigenvalue weighted by molar-refractivity contribution is 6.10. The van der Waals surface area contributed by atoms with E-state index in [1.54, 1.807) is 37.5 Å². The number of ether oxygens (including phenoxy) is 2. The fourth-order valence-electron chi connectivity index (χ4n) is 4.77. The predicted molar refractivity (Wildman–Crippen MR) is 138 cm³/mol. The van der Waals surface area contributed by atoms with E-state index >= 15 is 0 Å². The zero-order valence-corrected chi connectivity index (χ0v) is 21.1. The number of nitrogens with one attached hydrogen (secondary N) is 1. The smallest absolute Gasteiger partial charge is 0.266 e. The predicted octanol–water partition coefficient (Wildman–Crippen LogP) is 6.14. The van der Waals surface area contributed by atoms with Crippen molar-refractivity contribution in [2.45, 2.75) is 58.9 Å². The molecule has 34 heavy (non-hydrogen) atoms. The lowest BCUT2D eigenvalue weighted by Gasteiger charge is -2.47. The van der Waals surface area contributed by atoms with Crippen molar-refractivity contribution in [2.24, 2.45) is 0 Å². The first-order chi connectivity index (χ1) is 16.2. The summed E-state index contributed by atoms with van der Waals surface area (Å²) in [5, 5.41) is 12.5. The number of fused-ring (bicyclic) bond motifs is 1. The molecule has 0 spiro atoms. The topological polar surface area (TPSA) is 74.6 Å². The number of carbonyl (C=O) groups is 1. The van der Waals surface area contributed by atoms with Gasteiger partial charge >= 0.3 is 0 Å². The van der Waals surface area contributed by atoms with E-state index < -0.39 is 5.91 Å². The van der Waals surface area contributed by atoms with Crippen LogP contribution in [0.25, 0.3) is 6.08 Å². The number of nitriles is 1. The van der Waals surface area contributed by atoms with Crippen molar-refractivity contribution in [3.63, 3.8) is 0 Å². The first-order valence-electron chi connectivity index (χ1n) is 11.9. The second-order valence-electron chi connectivity index (χ2n) is 9.30. The second kappa shape index (κ2) is 10.6. The fraction of sp³-hybridized carbons (Fsp3) is 0.429. The summed E-state index contributed by atoms with van der Waals surface area (Å²) < 4.78 is 11.1. The Kier molecular flexibility index (Phi) is 7.88. The maximum atomic E-state index is 12.9. The molecule has 1 unspecified atom stereocenters. The van der Waals surface area contributed by atoms with E-state index in [0.717, 1.165) is 36.4 Å². The zero-order valence-electron chi connectivity index (χ0n) is 21.1. The number of hydrogen-bond donors (Lipinski definition) is 1. The molecule has 0 saturated heterocycles. The van der Waals surface area contributed by atoms with Crippen molar-refractivity contribution < 1.29 is 14.3 Å². The van der Waals surface area contributed by atoms with E-state index in [1.807, 2.05) is 19.1 Å². The van der Waals surface area contributed by atoms with E-state index in [1.165, 1.54) is 5.56 Å². The number of anilines is 2. The summed E-state index contributed by atoms with van der Waals surface area (Å²) in [5.41, 5.74) is 3.75. The van der Waals surface area contributed by atoms with Crippen LogP contribution in [0.1, 0.15) is 64.5 Å². The molecule has 0 bridgehead atoms. The molecule has 1 aliphatic heterocycles. The third-order valence-electron chi connectivity index (χ3n) is 6.27. The van der Waals surface area contributed by atoms with Crippen LogP contribution in [0, 0.1) is 11.3 Å². The summed E-state index contributed by atoms with van der Waals surface area (Å²) in [5.74, 6) is 1.25. The maximum absolute atomic E-state index is 12.9. The highest BCUT2D eigenvalue weighted by atomic mass is 16.5. The third kappa shape index (κ3) is 5.36. The van der Waals surface area contributed by atoms with Crippen LogP contribution in [0.4, 0.5) is 11.4 Å². The molecule has 1 heterocycles. The minimum absolute atomic E-state index is 0.0151. The van der Waals surface area contributed by atoms with Crippen molar-refractivity contribution in [3.05, 3.63) is 53.1 Å². The molecule has 180 valence electrons. The average Bonchev–Trinajstić information content (AvgIpc) is 2.80. The SMILES string of the molecule is CCCN1c2cc(OC)c(/C=C(\C#N)C(=O)Nc3ccc(OCC)cc3)cc2C(C)CC1(C)C. The summed E-state index contributed by atoms with van der Waals surface area (Å²) >= 11 is 0. The number of nitrogens with zero attached hydrogens (tertiary/aromatic N) is 2. The highest BCUT2D eigenvalue weighted by Gasteiger charge is 2.36. The molecule has 3 rings (SSSR count). The lowest BCUT2D eigenvalue weighted by Crippen LogP contribution is -2.48. The average molecular weight is 462 g/mol. The molecule has 0 fully saturated rings. The Morgan fingerprint density at radius 2 is 1.97 bits per heavy atom. The van der Waals surface area contributed by atoms with Crippen LogP contribution in [0.3, 0.4) is 0 Å². The van der Waals surface area contributed by atoms with E-state index in [-0.39, 0.29) is 11.1 Å². The normalized spacial score (nSPS) is 16.9. The van der Waals surface area contributed by atoms with Gasteiger partial charge in [0.25, 0.3) is 5.91 Å². The molecular formula is C28H35N3O3. The van der Waals surface area contributed by atoms with Crippen LogP contribution in [0.5, 0.6) is 11.5 Å². The van der Waals surface area contributed by atoms with Crippen molar-refractivity contribution >= 4 is 23.4 Å². The van der Waals surface area contributed by atoms with E-state index in [4.69, 9.17) is 9.47 Å². The maximum Gasteiger partial charge on any atom is 0.266 e. The standard InChI is InChI=1S/C28H35N3O3/c1-7-13-31-25-16-26(33-6)20(15-24(25)19(3)17-28(31,4)5)14-21(18-29)27(32)30-22-9-11-23(12-10-22)34-8-2/h9-12,14-16,19H,7-8,13,17H2,1-6H3,(H,30,32)/b21-14+. The van der Waals surface area contributed by atoms with Crippen molar-refractivity contribution in [3.8, 4) is 17.6 Å². The molecule has 2 aromatic rings. The van der Waals surface area contributed by atoms with E-state index in [2.05, 4.69) is 44.0 Å². The molecule has 0 aromatic heterocycles. The zero-order chi connectivity index (χ0) is 24.9. The molecule has 0 radical (unpaired) electrons. The minimum atomic E-state index is -0.465. The van der Waals surface area contributed by atoms with Crippen LogP contribution < -0.4 is 19.7 Å². The first kappa shape index (κ1) is 25.2. The van der Waals surface area contributed by atoms with Crippen LogP contribution in [-0.2, 0) is 4.79 Å². The Bertz CT molecular complexity index is 1100. The molecule has 0 aliphatic carbocycles. The van der Waals surface area contributed by atoms with E-state index in [9.17, 15) is 10.1 Å². The molecule has 1 amide bonds. The van der Waals surface area contributed by atoms with Crippen molar-refractivity contribution in [1.29, 1.82) is 5.26 Å². The van der Waals surface area contributed by atoms with Crippen LogP contribution in [0.2, 0.25) is 0 Å². The summed E-state index contributed by atoms with van der Waals surface area (Å²) in [6.07, 6.45) is 3.68. The Hall–Kier alpha value is -3.46. The van der Waals surface area contributed by atoms with Gasteiger partial charge in [-0.05, 0) is 81.5 Å². The largest absolute Gasteiger partial charge is 0.496 e. The lowest BCUT2D eigenvalue weighted by atomic mass is 9.79. The molecule has 1 N–H and O–H groups in total. The number of benzene rings is 2. The lowest BCUT2D eigenvalue weighted by molar-refractivity contribution is -0.112. The van der Waals surface area contributed by atoms with Crippen LogP contribution in [-0.4, -0.2) is 31.7 Å². The van der Waals surface area contributed by atoms with E-state index in [0.29, 0.717) is 24.0 Å². The van der Waals surface area contributed by atoms with Gasteiger partial charge in [-0.1, -0.05) is 13.8 Å². The van der Waals surface area contributed by atoms with Gasteiger partial charge in [0.2, 0.25) is 0 Å². The molecule has 6 heteroatoms. The van der Waals surface area contributed by atoms with Gasteiger partial charge in [-0.15, -0.1) is 0 Å². The third-order valence-corrected chi connectivity index (χ3v) is 6.27. The molecule has 1 atom stereocenters. The van der Waals surface area contributed by atoms with Crippen molar-refractivity contribution in [1.82, 2.24) is 0 Å². The first-order valence-corrected chi connectivity index (χ1v) is 11.9. The van der Waals surface area contributed by atoms with Gasteiger partial charge in [-0.3, -0.25) is 4.79 Å². The van der Waals surface area contributed by atoms with Gasteiger partial charge in [0.15, 0.2) is 0 Å². The van der Waals surface area contributed by atoms with Gasteiger partial charge in [0, 0.05) is 35.1 Å². The minimum Gasteiger partial charge on any atom is -0.496 e. The number of methoxy groups -OCH3 is 1. The number of carbonyl (C=O) groups excluding carboxylic acids is 1. The van der Waals surface area contributed by atoms with Gasteiger partial charge in [0.05, 0.1) is 13.7 Å². The van der Waals surface area contributed by atoms with Gasteiger partial charge in [-0.2, -0.15) is 5.26 Å². The summed E-state index contributed by atoms with van der Waals surface area (Å²) in [6, 6.07) is 13.2. The van der Waals surface area contributed by atoms with Gasteiger partial charge in [0.1, 0.15) is 23.1 Å². The number of rotatable bonds is 8. The van der Waals surface area contributed by atoms with Gasteiger partial charge < -0.3 is 19.7 Å². The summed E-state index contributed by atoms with van der Waals surface area (Å²) in [4.78, 5) is 15.3. The van der Waals surface area contributed by atoms with Crippen LogP contribution >= 0.6 is 0 Å². The Morgan fingerprint density at radius 3 is 2.56 bits per heavy atom. The molecule has 2 aromatic carbocycles.